The summed E-state index contributed by atoms with van der Waals surface area (Å²) >= 11 is 0. The lowest BCUT2D eigenvalue weighted by atomic mass is 10.1. The molecule has 1 amide bonds. The summed E-state index contributed by atoms with van der Waals surface area (Å²) in [6.07, 6.45) is 3.51. The van der Waals surface area contributed by atoms with Crippen LogP contribution in [0.15, 0.2) is 54.6 Å². The quantitative estimate of drug-likeness (QED) is 0.397. The van der Waals surface area contributed by atoms with Gasteiger partial charge in [-0.2, -0.15) is 5.10 Å². The van der Waals surface area contributed by atoms with Gasteiger partial charge in [0.25, 0.3) is 5.91 Å². The van der Waals surface area contributed by atoms with Gasteiger partial charge in [-0.1, -0.05) is 12.1 Å². The Labute approximate surface area is 191 Å². The van der Waals surface area contributed by atoms with Crippen molar-refractivity contribution in [3.63, 3.8) is 0 Å². The first-order valence-electron chi connectivity index (χ1n) is 10.4. The zero-order valence-electron chi connectivity index (χ0n) is 18.8. The van der Waals surface area contributed by atoms with Gasteiger partial charge < -0.3 is 14.8 Å². The van der Waals surface area contributed by atoms with E-state index in [1.807, 2.05) is 38.1 Å². The summed E-state index contributed by atoms with van der Waals surface area (Å²) < 4.78 is 25.0. The zero-order valence-corrected chi connectivity index (χ0v) is 18.8. The molecule has 1 N–H and O–H groups in total. The summed E-state index contributed by atoms with van der Waals surface area (Å²) in [5.41, 5.74) is 4.02. The molecule has 7 nitrogen and oxygen atoms in total. The monoisotopic (exact) mass is 451 g/mol. The van der Waals surface area contributed by atoms with Gasteiger partial charge >= 0.3 is 5.97 Å². The van der Waals surface area contributed by atoms with Gasteiger partial charge in [0, 0.05) is 23.9 Å². The molecule has 0 aliphatic rings. The largest absolute Gasteiger partial charge is 0.497 e. The minimum Gasteiger partial charge on any atom is -0.497 e. The van der Waals surface area contributed by atoms with Crippen LogP contribution in [0.25, 0.3) is 11.8 Å². The van der Waals surface area contributed by atoms with Crippen LogP contribution < -0.4 is 10.1 Å². The number of carbonyl (C=O) groups excluding carboxylic acids is 2. The predicted octanol–water partition coefficient (Wildman–Crippen LogP) is 3.55. The number of aromatic nitrogens is 2. The second kappa shape index (κ2) is 11.1. The first-order chi connectivity index (χ1) is 15.9. The van der Waals surface area contributed by atoms with Crippen LogP contribution >= 0.6 is 0 Å². The Bertz CT molecular complexity index is 1140. The van der Waals surface area contributed by atoms with E-state index in [0.29, 0.717) is 24.3 Å². The summed E-state index contributed by atoms with van der Waals surface area (Å²) in [5, 5.41) is 7.17. The van der Waals surface area contributed by atoms with Gasteiger partial charge in [-0.3, -0.25) is 4.79 Å². The molecule has 0 spiro atoms. The Morgan fingerprint density at radius 1 is 1.09 bits per heavy atom. The summed E-state index contributed by atoms with van der Waals surface area (Å²) in [7, 11) is 1.61. The lowest BCUT2D eigenvalue weighted by Crippen LogP contribution is -2.30. The van der Waals surface area contributed by atoms with E-state index < -0.39 is 5.97 Å². The summed E-state index contributed by atoms with van der Waals surface area (Å²) in [6.45, 7) is 3.73. The Morgan fingerprint density at radius 3 is 2.45 bits per heavy atom. The van der Waals surface area contributed by atoms with Crippen LogP contribution in [0.4, 0.5) is 4.39 Å². The highest BCUT2D eigenvalue weighted by Crippen LogP contribution is 2.19. The fraction of sp³-hybridized carbons (Fsp3) is 0.240. The number of hydrogen-bond acceptors (Lipinski definition) is 5. The number of amides is 1. The topological polar surface area (TPSA) is 82.4 Å². The van der Waals surface area contributed by atoms with E-state index in [9.17, 15) is 14.0 Å². The maximum Gasteiger partial charge on any atom is 0.331 e. The van der Waals surface area contributed by atoms with Crippen molar-refractivity contribution < 1.29 is 23.5 Å². The molecule has 0 saturated carbocycles. The fourth-order valence-corrected chi connectivity index (χ4v) is 3.26. The molecule has 0 atom stereocenters. The standard InChI is InChI=1S/C25H26FN3O4/c1-17-23(18(2)29(28-17)21-8-6-20(26)7-9-21)12-13-25(31)33-16-24(30)27-15-14-19-4-10-22(32-3)11-5-19/h4-13H,14-16H2,1-3H3,(H,27,30)/b13-12+. The zero-order chi connectivity index (χ0) is 23.8. The maximum atomic E-state index is 13.2. The highest BCUT2D eigenvalue weighted by Gasteiger charge is 2.12. The van der Waals surface area contributed by atoms with Crippen molar-refractivity contribution in [3.8, 4) is 11.4 Å². The molecule has 0 aliphatic carbocycles. The van der Waals surface area contributed by atoms with Gasteiger partial charge in [-0.15, -0.1) is 0 Å². The summed E-state index contributed by atoms with van der Waals surface area (Å²) in [6, 6.07) is 13.6. The molecule has 1 aromatic heterocycles. The molecule has 0 saturated heterocycles. The van der Waals surface area contributed by atoms with Crippen LogP contribution in [0.2, 0.25) is 0 Å². The van der Waals surface area contributed by atoms with Gasteiger partial charge in [0.15, 0.2) is 6.61 Å². The number of ether oxygens (including phenoxy) is 2. The molecule has 8 heteroatoms. The lowest BCUT2D eigenvalue weighted by Gasteiger charge is -2.06. The lowest BCUT2D eigenvalue weighted by molar-refractivity contribution is -0.143. The number of nitrogens with zero attached hydrogens (tertiary/aromatic N) is 2. The minimum atomic E-state index is -0.631. The number of hydrogen-bond donors (Lipinski definition) is 1. The number of esters is 1. The SMILES string of the molecule is COc1ccc(CCNC(=O)COC(=O)/C=C/c2c(C)nn(-c3ccc(F)cc3)c2C)cc1. The van der Waals surface area contributed by atoms with Crippen molar-refractivity contribution in [1.29, 1.82) is 0 Å². The second-order valence-electron chi connectivity index (χ2n) is 7.36. The van der Waals surface area contributed by atoms with Crippen LogP contribution in [0, 0.1) is 19.7 Å². The van der Waals surface area contributed by atoms with Crippen molar-refractivity contribution in [1.82, 2.24) is 15.1 Å². The molecule has 2 aromatic carbocycles. The number of methoxy groups -OCH3 is 1. The Balaban J connectivity index is 1.47. The molecular weight excluding hydrogens is 425 g/mol. The van der Waals surface area contributed by atoms with Gasteiger partial charge in [0.2, 0.25) is 0 Å². The first kappa shape index (κ1) is 23.7. The number of carbonyl (C=O) groups is 2. The first-order valence-corrected chi connectivity index (χ1v) is 10.4. The average Bonchev–Trinajstić information content (AvgIpc) is 3.10. The van der Waals surface area contributed by atoms with Gasteiger partial charge in [-0.05, 0) is 68.3 Å². The molecule has 3 aromatic rings. The smallest absolute Gasteiger partial charge is 0.331 e. The Morgan fingerprint density at radius 2 is 1.79 bits per heavy atom. The molecule has 1 heterocycles. The fourth-order valence-electron chi connectivity index (χ4n) is 3.26. The summed E-state index contributed by atoms with van der Waals surface area (Å²) in [4.78, 5) is 24.0. The van der Waals surface area contributed by atoms with E-state index in [1.165, 1.54) is 18.2 Å². The Kier molecular flexibility index (Phi) is 7.96. The van der Waals surface area contributed by atoms with E-state index >= 15 is 0 Å². The summed E-state index contributed by atoms with van der Waals surface area (Å²) in [5.74, 6) is -0.556. The average molecular weight is 451 g/mol. The Hall–Kier alpha value is -3.94. The van der Waals surface area contributed by atoms with Crippen molar-refractivity contribution in [2.45, 2.75) is 20.3 Å². The molecule has 172 valence electrons. The van der Waals surface area contributed by atoms with Gasteiger partial charge in [0.05, 0.1) is 18.5 Å². The normalized spacial score (nSPS) is 10.9. The van der Waals surface area contributed by atoms with Crippen LogP contribution in [0.5, 0.6) is 5.75 Å². The maximum absolute atomic E-state index is 13.2. The molecule has 0 unspecified atom stereocenters. The predicted molar refractivity (Wildman–Crippen MR) is 123 cm³/mol. The van der Waals surface area contributed by atoms with E-state index in [4.69, 9.17) is 9.47 Å². The van der Waals surface area contributed by atoms with E-state index in [2.05, 4.69) is 10.4 Å². The van der Waals surface area contributed by atoms with Crippen molar-refractivity contribution >= 4 is 18.0 Å². The number of nitrogens with one attached hydrogen (secondary N) is 1. The number of rotatable bonds is 9. The van der Waals surface area contributed by atoms with Crippen LogP contribution in [0.1, 0.15) is 22.5 Å². The van der Waals surface area contributed by atoms with Crippen molar-refractivity contribution in [2.24, 2.45) is 0 Å². The molecule has 0 bridgehead atoms. The molecule has 3 rings (SSSR count). The highest BCUT2D eigenvalue weighted by atomic mass is 19.1. The molecule has 0 fully saturated rings. The highest BCUT2D eigenvalue weighted by molar-refractivity contribution is 5.89. The third-order valence-corrected chi connectivity index (χ3v) is 5.04. The van der Waals surface area contributed by atoms with E-state index in [1.54, 1.807) is 30.0 Å². The van der Waals surface area contributed by atoms with Gasteiger partial charge in [0.1, 0.15) is 11.6 Å². The third-order valence-electron chi connectivity index (χ3n) is 5.04. The second-order valence-corrected chi connectivity index (χ2v) is 7.36. The number of benzene rings is 2. The molecule has 0 radical (unpaired) electrons. The third kappa shape index (κ3) is 6.52. The van der Waals surface area contributed by atoms with Crippen molar-refractivity contribution in [3.05, 3.63) is 82.9 Å². The van der Waals surface area contributed by atoms with E-state index in [-0.39, 0.29) is 18.3 Å². The minimum absolute atomic E-state index is 0.326. The van der Waals surface area contributed by atoms with Crippen molar-refractivity contribution in [2.75, 3.05) is 20.3 Å². The van der Waals surface area contributed by atoms with Gasteiger partial charge in [-0.25, -0.2) is 13.9 Å². The van der Waals surface area contributed by atoms with Crippen LogP contribution in [-0.2, 0) is 20.7 Å². The molecule has 0 aliphatic heterocycles. The molecular formula is C25H26FN3O4. The van der Waals surface area contributed by atoms with Crippen LogP contribution in [-0.4, -0.2) is 41.9 Å². The number of aryl methyl sites for hydroxylation is 1. The van der Waals surface area contributed by atoms with Crippen LogP contribution in [0.3, 0.4) is 0 Å². The number of halogens is 1. The van der Waals surface area contributed by atoms with E-state index in [0.717, 1.165) is 22.6 Å². The molecule has 33 heavy (non-hydrogen) atoms.